The third-order valence-electron chi connectivity index (χ3n) is 6.12. The van der Waals surface area contributed by atoms with Crippen molar-refractivity contribution in [2.75, 3.05) is 28.6 Å². The van der Waals surface area contributed by atoms with Gasteiger partial charge in [0.1, 0.15) is 5.00 Å². The molecule has 5 rings (SSSR count). The van der Waals surface area contributed by atoms with Crippen LogP contribution in [0.15, 0.2) is 48.8 Å². The molecule has 1 aliphatic carbocycles. The molecule has 164 valence electrons. The molecule has 2 N–H and O–H groups in total. The number of pyridine rings is 1. The molecule has 7 heteroatoms. The van der Waals surface area contributed by atoms with Gasteiger partial charge in [0.25, 0.3) is 11.8 Å². The van der Waals surface area contributed by atoms with Gasteiger partial charge in [0.15, 0.2) is 0 Å². The van der Waals surface area contributed by atoms with Gasteiger partial charge in [-0.15, -0.1) is 11.3 Å². The maximum Gasteiger partial charge on any atom is 0.258 e. The Kier molecular flexibility index (Phi) is 5.90. The number of carbonyl (C=O) groups excluding carboxylic acids is 2. The van der Waals surface area contributed by atoms with E-state index in [2.05, 4.69) is 26.6 Å². The van der Waals surface area contributed by atoms with E-state index in [1.165, 1.54) is 35.3 Å². The third-order valence-corrected chi connectivity index (χ3v) is 7.33. The highest BCUT2D eigenvalue weighted by Crippen LogP contribution is 2.39. The second-order valence-electron chi connectivity index (χ2n) is 8.31. The summed E-state index contributed by atoms with van der Waals surface area (Å²) in [6, 6.07) is 11.5. The van der Waals surface area contributed by atoms with Crippen molar-refractivity contribution in [2.24, 2.45) is 0 Å². The van der Waals surface area contributed by atoms with Crippen LogP contribution >= 0.6 is 11.3 Å². The number of aromatic nitrogens is 1. The van der Waals surface area contributed by atoms with Gasteiger partial charge in [0.05, 0.1) is 11.1 Å². The van der Waals surface area contributed by atoms with Crippen molar-refractivity contribution in [1.29, 1.82) is 0 Å². The normalized spacial score (nSPS) is 15.3. The summed E-state index contributed by atoms with van der Waals surface area (Å²) in [6.07, 6.45) is 9.57. The zero-order chi connectivity index (χ0) is 21.9. The summed E-state index contributed by atoms with van der Waals surface area (Å²) >= 11 is 1.53. The van der Waals surface area contributed by atoms with E-state index in [1.54, 1.807) is 18.3 Å². The molecule has 32 heavy (non-hydrogen) atoms. The highest BCUT2D eigenvalue weighted by atomic mass is 32.1. The minimum atomic E-state index is -0.248. The molecule has 1 saturated heterocycles. The minimum absolute atomic E-state index is 0.163. The van der Waals surface area contributed by atoms with Crippen LogP contribution in [0.3, 0.4) is 0 Å². The highest BCUT2D eigenvalue weighted by Gasteiger charge is 2.27. The average molecular weight is 447 g/mol. The van der Waals surface area contributed by atoms with E-state index < -0.39 is 0 Å². The van der Waals surface area contributed by atoms with E-state index in [1.807, 2.05) is 18.2 Å². The van der Waals surface area contributed by atoms with E-state index >= 15 is 0 Å². The lowest BCUT2D eigenvalue weighted by Crippen LogP contribution is -2.20. The Morgan fingerprint density at radius 3 is 2.59 bits per heavy atom. The first-order valence-electron chi connectivity index (χ1n) is 11.2. The quantitative estimate of drug-likeness (QED) is 0.570. The average Bonchev–Trinajstić information content (AvgIpc) is 3.48. The SMILES string of the molecule is O=C(Nc1sc2c(c1C(=O)Nc1cccc(N3CCCC3)c1)CCCC2)c1cccnc1. The first-order valence-corrected chi connectivity index (χ1v) is 12.0. The number of aryl methyl sites for hydroxylation is 1. The Labute approximate surface area is 191 Å². The fraction of sp³-hybridized carbons (Fsp3) is 0.320. The van der Waals surface area contributed by atoms with Crippen LogP contribution in [-0.2, 0) is 12.8 Å². The van der Waals surface area contributed by atoms with Crippen LogP contribution in [0.2, 0.25) is 0 Å². The summed E-state index contributed by atoms with van der Waals surface area (Å²) in [7, 11) is 0. The van der Waals surface area contributed by atoms with Crippen LogP contribution in [-0.4, -0.2) is 29.9 Å². The van der Waals surface area contributed by atoms with Crippen molar-refractivity contribution in [1.82, 2.24) is 4.98 Å². The smallest absolute Gasteiger partial charge is 0.258 e. The Morgan fingerprint density at radius 2 is 1.78 bits per heavy atom. The molecule has 1 fully saturated rings. The molecule has 0 spiro atoms. The topological polar surface area (TPSA) is 74.3 Å². The van der Waals surface area contributed by atoms with E-state index in [9.17, 15) is 9.59 Å². The van der Waals surface area contributed by atoms with Gasteiger partial charge in [-0.25, -0.2) is 0 Å². The molecule has 0 bridgehead atoms. The molecule has 0 unspecified atom stereocenters. The number of fused-ring (bicyclic) bond motifs is 1. The summed E-state index contributed by atoms with van der Waals surface area (Å²) in [5.74, 6) is -0.411. The third kappa shape index (κ3) is 4.25. The summed E-state index contributed by atoms with van der Waals surface area (Å²) in [4.78, 5) is 33.8. The van der Waals surface area contributed by atoms with E-state index in [4.69, 9.17) is 0 Å². The molecule has 6 nitrogen and oxygen atoms in total. The lowest BCUT2D eigenvalue weighted by Gasteiger charge is -2.19. The van der Waals surface area contributed by atoms with E-state index in [-0.39, 0.29) is 11.8 Å². The molecule has 0 radical (unpaired) electrons. The Balaban J connectivity index is 1.42. The second kappa shape index (κ2) is 9.12. The number of rotatable bonds is 5. The maximum absolute atomic E-state index is 13.4. The number of nitrogens with zero attached hydrogens (tertiary/aromatic N) is 2. The van der Waals surface area contributed by atoms with Crippen LogP contribution in [0.5, 0.6) is 0 Å². The largest absolute Gasteiger partial charge is 0.371 e. The van der Waals surface area contributed by atoms with Crippen LogP contribution < -0.4 is 15.5 Å². The molecule has 2 amide bonds. The van der Waals surface area contributed by atoms with Gasteiger partial charge in [-0.3, -0.25) is 14.6 Å². The first kappa shape index (κ1) is 20.7. The molecule has 3 heterocycles. The van der Waals surface area contributed by atoms with Crippen LogP contribution in [0.1, 0.15) is 56.8 Å². The molecular formula is C25H26N4O2S. The monoisotopic (exact) mass is 446 g/mol. The lowest BCUT2D eigenvalue weighted by atomic mass is 9.95. The number of anilines is 3. The maximum atomic E-state index is 13.4. The van der Waals surface area contributed by atoms with Crippen LogP contribution in [0, 0.1) is 0 Å². The summed E-state index contributed by atoms with van der Waals surface area (Å²) in [5, 5.41) is 6.69. The molecule has 1 aliphatic heterocycles. The van der Waals surface area contributed by atoms with Gasteiger partial charge < -0.3 is 15.5 Å². The van der Waals surface area contributed by atoms with Crippen molar-refractivity contribution in [3.05, 3.63) is 70.4 Å². The number of hydrogen-bond acceptors (Lipinski definition) is 5. The number of nitrogens with one attached hydrogen (secondary N) is 2. The molecule has 3 aromatic rings. The number of thiophene rings is 1. The fourth-order valence-electron chi connectivity index (χ4n) is 4.52. The van der Waals surface area contributed by atoms with Crippen LogP contribution in [0.25, 0.3) is 0 Å². The molecule has 0 atom stereocenters. The zero-order valence-electron chi connectivity index (χ0n) is 17.9. The zero-order valence-corrected chi connectivity index (χ0v) is 18.7. The fourth-order valence-corrected chi connectivity index (χ4v) is 5.80. The summed E-state index contributed by atoms with van der Waals surface area (Å²) in [6.45, 7) is 2.11. The van der Waals surface area contributed by atoms with Crippen molar-refractivity contribution < 1.29 is 9.59 Å². The van der Waals surface area contributed by atoms with E-state index in [0.29, 0.717) is 16.1 Å². The van der Waals surface area contributed by atoms with Gasteiger partial charge >= 0.3 is 0 Å². The van der Waals surface area contributed by atoms with Gasteiger partial charge in [-0.05, 0) is 74.4 Å². The Hall–Kier alpha value is -3.19. The molecule has 2 aliphatic rings. The van der Waals surface area contributed by atoms with Gasteiger partial charge in [-0.2, -0.15) is 0 Å². The highest BCUT2D eigenvalue weighted by molar-refractivity contribution is 7.17. The lowest BCUT2D eigenvalue weighted by molar-refractivity contribution is 0.102. The van der Waals surface area contributed by atoms with Crippen LogP contribution in [0.4, 0.5) is 16.4 Å². The van der Waals surface area contributed by atoms with Gasteiger partial charge in [0, 0.05) is 41.7 Å². The summed E-state index contributed by atoms with van der Waals surface area (Å²) < 4.78 is 0. The molecule has 2 aromatic heterocycles. The summed E-state index contributed by atoms with van der Waals surface area (Å²) in [5.41, 5.74) is 4.07. The predicted molar refractivity (Wildman–Crippen MR) is 129 cm³/mol. The molecule has 0 saturated carbocycles. The van der Waals surface area contributed by atoms with Gasteiger partial charge in [-0.1, -0.05) is 6.07 Å². The molecular weight excluding hydrogens is 420 g/mol. The standard InChI is InChI=1S/C25H26N4O2S/c30-23(17-7-6-12-26-16-17)28-25-22(20-10-1-2-11-21(20)32-25)24(31)27-18-8-5-9-19(15-18)29-13-3-4-14-29/h5-9,12,15-16H,1-4,10-11,13-14H2,(H,27,31)(H,28,30). The van der Waals surface area contributed by atoms with Crippen molar-refractivity contribution in [3.63, 3.8) is 0 Å². The number of carbonyl (C=O) groups is 2. The van der Waals surface area contributed by atoms with Crippen molar-refractivity contribution in [3.8, 4) is 0 Å². The Morgan fingerprint density at radius 1 is 0.938 bits per heavy atom. The first-order chi connectivity index (χ1) is 15.7. The number of hydrogen-bond donors (Lipinski definition) is 2. The Bertz CT molecular complexity index is 1140. The van der Waals surface area contributed by atoms with E-state index in [0.717, 1.165) is 55.7 Å². The number of benzene rings is 1. The van der Waals surface area contributed by atoms with Crippen molar-refractivity contribution >= 4 is 39.5 Å². The van der Waals surface area contributed by atoms with Crippen molar-refractivity contribution in [2.45, 2.75) is 38.5 Å². The predicted octanol–water partition coefficient (Wildman–Crippen LogP) is 5.13. The second-order valence-corrected chi connectivity index (χ2v) is 9.41. The number of amides is 2. The van der Waals surface area contributed by atoms with Gasteiger partial charge in [0.2, 0.25) is 0 Å². The molecule has 1 aromatic carbocycles. The minimum Gasteiger partial charge on any atom is -0.371 e.